The summed E-state index contributed by atoms with van der Waals surface area (Å²) in [5, 5.41) is 21.2. The fourth-order valence-electron chi connectivity index (χ4n) is 3.84. The van der Waals surface area contributed by atoms with Gasteiger partial charge in [-0.1, -0.05) is 60.1 Å². The second-order valence-electron chi connectivity index (χ2n) is 8.50. The summed E-state index contributed by atoms with van der Waals surface area (Å²) in [6.45, 7) is 0. The Labute approximate surface area is 234 Å². The molecule has 0 atom stereocenters. The molecule has 0 unspecified atom stereocenters. The number of rotatable bonds is 9. The van der Waals surface area contributed by atoms with E-state index in [1.807, 2.05) is 60.7 Å². The van der Waals surface area contributed by atoms with Crippen molar-refractivity contribution in [2.45, 2.75) is 4.90 Å². The van der Waals surface area contributed by atoms with Crippen molar-refractivity contribution in [3.63, 3.8) is 0 Å². The number of hydrogen-bond donors (Lipinski definition) is 2. The molecule has 40 heavy (non-hydrogen) atoms. The van der Waals surface area contributed by atoms with Crippen molar-refractivity contribution in [3.05, 3.63) is 130 Å². The molecule has 1 aromatic heterocycles. The van der Waals surface area contributed by atoms with E-state index in [4.69, 9.17) is 16.7 Å². The zero-order chi connectivity index (χ0) is 28.1. The maximum atomic E-state index is 12.8. The van der Waals surface area contributed by atoms with Crippen LogP contribution in [0.15, 0.2) is 119 Å². The number of nitro benzene ring substituents is 1. The third-order valence-electron chi connectivity index (χ3n) is 5.77. The molecule has 0 aliphatic carbocycles. The lowest BCUT2D eigenvalue weighted by Crippen LogP contribution is -2.13. The minimum absolute atomic E-state index is 0.0170. The van der Waals surface area contributed by atoms with Crippen molar-refractivity contribution in [3.8, 4) is 16.9 Å². The van der Waals surface area contributed by atoms with E-state index in [0.717, 1.165) is 17.3 Å². The molecule has 0 radical (unpaired) electrons. The fraction of sp³-hybridized carbons (Fsp3) is 0. The van der Waals surface area contributed by atoms with Gasteiger partial charge in [0.2, 0.25) is 0 Å². The van der Waals surface area contributed by atoms with Crippen molar-refractivity contribution in [1.82, 2.24) is 9.78 Å². The van der Waals surface area contributed by atoms with Gasteiger partial charge < -0.3 is 0 Å². The maximum absolute atomic E-state index is 12.8. The highest BCUT2D eigenvalue weighted by molar-refractivity contribution is 7.92. The highest BCUT2D eigenvalue weighted by Crippen LogP contribution is 2.29. The number of hydrazone groups is 1. The molecule has 5 aromatic rings. The smallest absolute Gasteiger partial charge is 0.280 e. The number of sulfonamides is 1. The van der Waals surface area contributed by atoms with Crippen molar-refractivity contribution >= 4 is 44.9 Å². The summed E-state index contributed by atoms with van der Waals surface area (Å²) in [5.41, 5.74) is 5.54. The van der Waals surface area contributed by atoms with Gasteiger partial charge in [-0.25, -0.2) is 13.1 Å². The van der Waals surface area contributed by atoms with Crippen LogP contribution in [0.3, 0.4) is 0 Å². The number of aromatic nitrogens is 2. The molecule has 5 rings (SSSR count). The summed E-state index contributed by atoms with van der Waals surface area (Å²) in [4.78, 5) is 10.8. The SMILES string of the molecule is O=[N+]([O-])c1cc(S(=O)(=O)Nc2ccc(Cl)cc2)ccc1NN=Cc1cn(-c2ccccc2)nc1-c1ccccc1. The van der Waals surface area contributed by atoms with Gasteiger partial charge in [0.25, 0.3) is 15.7 Å². The Balaban J connectivity index is 1.42. The molecule has 0 aliphatic rings. The number of nitro groups is 1. The van der Waals surface area contributed by atoms with E-state index in [0.29, 0.717) is 16.3 Å². The van der Waals surface area contributed by atoms with Crippen molar-refractivity contribution in [1.29, 1.82) is 0 Å². The lowest BCUT2D eigenvalue weighted by atomic mass is 10.1. The predicted molar refractivity (Wildman–Crippen MR) is 156 cm³/mol. The first-order chi connectivity index (χ1) is 19.3. The van der Waals surface area contributed by atoms with Gasteiger partial charge in [-0.3, -0.25) is 20.3 Å². The summed E-state index contributed by atoms with van der Waals surface area (Å²) in [6, 6.07) is 28.7. The van der Waals surface area contributed by atoms with E-state index >= 15 is 0 Å². The molecular formula is C28H21ClN6O4S. The van der Waals surface area contributed by atoms with Crippen LogP contribution in [0.2, 0.25) is 5.02 Å². The van der Waals surface area contributed by atoms with E-state index in [-0.39, 0.29) is 16.3 Å². The number of hydrogen-bond acceptors (Lipinski definition) is 7. The lowest BCUT2D eigenvalue weighted by Gasteiger charge is -2.09. The molecule has 0 fully saturated rings. The largest absolute Gasteiger partial charge is 0.295 e. The number of nitrogens with zero attached hydrogens (tertiary/aromatic N) is 4. The molecule has 12 heteroatoms. The molecular weight excluding hydrogens is 552 g/mol. The monoisotopic (exact) mass is 572 g/mol. The molecule has 0 aliphatic heterocycles. The normalized spacial score (nSPS) is 11.4. The van der Waals surface area contributed by atoms with Gasteiger partial charge in [0.15, 0.2) is 0 Å². The van der Waals surface area contributed by atoms with Crippen LogP contribution in [-0.2, 0) is 10.0 Å². The molecule has 200 valence electrons. The summed E-state index contributed by atoms with van der Waals surface area (Å²) in [7, 11) is -4.10. The van der Waals surface area contributed by atoms with Gasteiger partial charge in [0.05, 0.1) is 21.7 Å². The molecule has 0 spiro atoms. The van der Waals surface area contributed by atoms with Gasteiger partial charge in [-0.2, -0.15) is 10.2 Å². The van der Waals surface area contributed by atoms with Gasteiger partial charge in [0, 0.05) is 34.1 Å². The first kappa shape index (κ1) is 26.6. The van der Waals surface area contributed by atoms with E-state index in [1.165, 1.54) is 42.6 Å². The van der Waals surface area contributed by atoms with E-state index < -0.39 is 20.6 Å². The Bertz CT molecular complexity index is 1790. The molecule has 0 saturated carbocycles. The van der Waals surface area contributed by atoms with Crippen molar-refractivity contribution in [2.24, 2.45) is 5.10 Å². The minimum atomic E-state index is -4.10. The third kappa shape index (κ3) is 6.01. The van der Waals surface area contributed by atoms with E-state index in [1.54, 1.807) is 10.9 Å². The van der Waals surface area contributed by atoms with Crippen molar-refractivity contribution < 1.29 is 13.3 Å². The average molecular weight is 573 g/mol. The van der Waals surface area contributed by atoms with Crippen LogP contribution in [-0.4, -0.2) is 29.3 Å². The van der Waals surface area contributed by atoms with Crippen LogP contribution >= 0.6 is 11.6 Å². The number of anilines is 2. The summed E-state index contributed by atoms with van der Waals surface area (Å²) in [5.74, 6) is 0. The fourth-order valence-corrected chi connectivity index (χ4v) is 5.05. The Hall–Kier alpha value is -5.00. The predicted octanol–water partition coefficient (Wildman–Crippen LogP) is 6.35. The summed E-state index contributed by atoms with van der Waals surface area (Å²) < 4.78 is 29.8. The van der Waals surface area contributed by atoms with Crippen molar-refractivity contribution in [2.75, 3.05) is 10.1 Å². The second kappa shape index (κ2) is 11.4. The number of halogens is 1. The van der Waals surface area contributed by atoms with Gasteiger partial charge in [-0.15, -0.1) is 0 Å². The van der Waals surface area contributed by atoms with E-state index in [2.05, 4.69) is 15.2 Å². The van der Waals surface area contributed by atoms with Crippen LogP contribution in [0.1, 0.15) is 5.56 Å². The highest BCUT2D eigenvalue weighted by atomic mass is 35.5. The Morgan fingerprint density at radius 3 is 2.27 bits per heavy atom. The highest BCUT2D eigenvalue weighted by Gasteiger charge is 2.22. The molecule has 0 bridgehead atoms. The van der Waals surface area contributed by atoms with Crippen LogP contribution in [0, 0.1) is 10.1 Å². The van der Waals surface area contributed by atoms with Crippen LogP contribution in [0.25, 0.3) is 16.9 Å². The zero-order valence-corrected chi connectivity index (χ0v) is 22.3. The minimum Gasteiger partial charge on any atom is -0.280 e. The molecule has 4 aromatic carbocycles. The third-order valence-corrected chi connectivity index (χ3v) is 7.40. The number of nitrogens with one attached hydrogen (secondary N) is 2. The Morgan fingerprint density at radius 2 is 1.60 bits per heavy atom. The van der Waals surface area contributed by atoms with E-state index in [9.17, 15) is 18.5 Å². The number of benzene rings is 4. The topological polar surface area (TPSA) is 132 Å². The zero-order valence-electron chi connectivity index (χ0n) is 20.7. The van der Waals surface area contributed by atoms with Gasteiger partial charge >= 0.3 is 0 Å². The standard InChI is InChI=1S/C28H21ClN6O4S/c29-22-11-13-23(14-12-22)33-40(38,39)25-15-16-26(27(17-25)35(36)37)31-30-18-21-19-34(24-9-5-2-6-10-24)32-28(21)20-7-3-1-4-8-20/h1-19,31,33H. The average Bonchev–Trinajstić information content (AvgIpc) is 3.39. The molecule has 2 N–H and O–H groups in total. The van der Waals surface area contributed by atoms with Gasteiger partial charge in [-0.05, 0) is 48.5 Å². The van der Waals surface area contributed by atoms with Crippen LogP contribution in [0.5, 0.6) is 0 Å². The first-order valence-corrected chi connectivity index (χ1v) is 13.7. The molecule has 0 saturated heterocycles. The first-order valence-electron chi connectivity index (χ1n) is 11.9. The maximum Gasteiger partial charge on any atom is 0.295 e. The summed E-state index contributed by atoms with van der Waals surface area (Å²) in [6.07, 6.45) is 3.31. The lowest BCUT2D eigenvalue weighted by molar-refractivity contribution is -0.384. The summed E-state index contributed by atoms with van der Waals surface area (Å²) >= 11 is 5.85. The molecule has 10 nitrogen and oxygen atoms in total. The second-order valence-corrected chi connectivity index (χ2v) is 10.6. The number of para-hydroxylation sites is 1. The Morgan fingerprint density at radius 1 is 0.925 bits per heavy atom. The molecule has 0 amide bonds. The Kier molecular flexibility index (Phi) is 7.58. The van der Waals surface area contributed by atoms with Crippen LogP contribution < -0.4 is 10.1 Å². The van der Waals surface area contributed by atoms with Crippen LogP contribution in [0.4, 0.5) is 17.1 Å². The van der Waals surface area contributed by atoms with Gasteiger partial charge in [0.1, 0.15) is 11.4 Å². The molecule has 1 heterocycles. The quantitative estimate of drug-likeness (QED) is 0.120.